The maximum atomic E-state index is 13.5. The summed E-state index contributed by atoms with van der Waals surface area (Å²) >= 11 is 11.9. The van der Waals surface area contributed by atoms with Crippen LogP contribution >= 0.6 is 23.2 Å². The van der Waals surface area contributed by atoms with E-state index in [1.54, 1.807) is 18.0 Å². The number of aromatic nitrogens is 4. The van der Waals surface area contributed by atoms with Crippen LogP contribution in [-0.2, 0) is 13.0 Å². The second-order valence-corrected chi connectivity index (χ2v) is 6.97. The number of fused-ring (bicyclic) bond motifs is 1. The van der Waals surface area contributed by atoms with E-state index in [0.717, 1.165) is 28.7 Å². The predicted octanol–water partition coefficient (Wildman–Crippen LogP) is 3.82. The van der Waals surface area contributed by atoms with E-state index in [9.17, 15) is 9.18 Å². The number of aryl methyl sites for hydroxylation is 1. The Balaban J connectivity index is 1.68. The van der Waals surface area contributed by atoms with E-state index in [-0.39, 0.29) is 21.5 Å². The van der Waals surface area contributed by atoms with Gasteiger partial charge in [0.2, 0.25) is 0 Å². The summed E-state index contributed by atoms with van der Waals surface area (Å²) in [6, 6.07) is 4.34. The zero-order valence-electron chi connectivity index (χ0n) is 14.3. The maximum Gasteiger partial charge on any atom is 0.255 e. The van der Waals surface area contributed by atoms with Crippen molar-refractivity contribution in [3.63, 3.8) is 0 Å². The number of nitrogens with zero attached hydrogens (tertiary/aromatic N) is 4. The molecule has 1 aliphatic heterocycles. The normalized spacial score (nSPS) is 13.6. The Morgan fingerprint density at radius 2 is 2.04 bits per heavy atom. The molecule has 6 nitrogen and oxygen atoms in total. The fourth-order valence-corrected chi connectivity index (χ4v) is 3.60. The lowest BCUT2D eigenvalue weighted by atomic mass is 10.00. The fourth-order valence-electron chi connectivity index (χ4n) is 3.20. The number of hydrogen-bond acceptors (Lipinski definition) is 4. The van der Waals surface area contributed by atoms with Gasteiger partial charge in [0.15, 0.2) is 0 Å². The second-order valence-electron chi connectivity index (χ2n) is 6.21. The minimum Gasteiger partial charge on any atom is -0.332 e. The lowest BCUT2D eigenvalue weighted by molar-refractivity contribution is 0.0731. The number of carbonyl (C=O) groups is 1. The molecule has 0 aliphatic carbocycles. The molecule has 1 N–H and O–H groups in total. The third-order valence-corrected chi connectivity index (χ3v) is 5.34. The van der Waals surface area contributed by atoms with E-state index in [1.165, 1.54) is 6.07 Å². The molecule has 3 heterocycles. The molecule has 0 bridgehead atoms. The highest BCUT2D eigenvalue weighted by molar-refractivity contribution is 6.43. The summed E-state index contributed by atoms with van der Waals surface area (Å²) in [5, 5.41) is 6.57. The van der Waals surface area contributed by atoms with E-state index in [2.05, 4.69) is 20.2 Å². The van der Waals surface area contributed by atoms with Gasteiger partial charge < -0.3 is 4.90 Å². The first kappa shape index (κ1) is 17.9. The van der Waals surface area contributed by atoms with Gasteiger partial charge in [0.25, 0.3) is 5.91 Å². The van der Waals surface area contributed by atoms with Gasteiger partial charge >= 0.3 is 0 Å². The molecular weight excluding hydrogens is 392 g/mol. The number of amides is 1. The van der Waals surface area contributed by atoms with Gasteiger partial charge in [-0.1, -0.05) is 23.2 Å². The average Bonchev–Trinajstić information content (AvgIpc) is 3.19. The van der Waals surface area contributed by atoms with Crippen LogP contribution in [-0.4, -0.2) is 37.5 Å². The lowest BCUT2D eigenvalue weighted by Crippen LogP contribution is -2.37. The Bertz CT molecular complexity index is 1040. The van der Waals surface area contributed by atoms with Crippen LogP contribution in [0.5, 0.6) is 0 Å². The summed E-state index contributed by atoms with van der Waals surface area (Å²) in [5.74, 6) is -0.364. The van der Waals surface area contributed by atoms with Crippen LogP contribution in [0.4, 0.5) is 4.39 Å². The molecule has 3 aromatic rings. The van der Waals surface area contributed by atoms with E-state index in [1.807, 2.05) is 6.07 Å². The molecule has 0 saturated carbocycles. The molecule has 1 amide bonds. The lowest BCUT2D eigenvalue weighted by Gasteiger charge is -2.29. The number of rotatable bonds is 2. The Hall–Kier alpha value is -2.51. The number of aromatic amines is 1. The Kier molecular flexibility index (Phi) is 4.57. The summed E-state index contributed by atoms with van der Waals surface area (Å²) in [6.07, 6.45) is 2.25. The highest BCUT2D eigenvalue weighted by Crippen LogP contribution is 2.31. The average molecular weight is 406 g/mol. The Labute approximate surface area is 164 Å². The number of carbonyl (C=O) groups excluding carboxylic acids is 1. The molecule has 4 rings (SSSR count). The third kappa shape index (κ3) is 3.17. The van der Waals surface area contributed by atoms with Crippen molar-refractivity contribution in [3.05, 3.63) is 62.9 Å². The van der Waals surface area contributed by atoms with Crippen LogP contribution in [0, 0.1) is 12.7 Å². The van der Waals surface area contributed by atoms with Crippen LogP contribution in [0.15, 0.2) is 24.4 Å². The monoisotopic (exact) mass is 405 g/mol. The van der Waals surface area contributed by atoms with Gasteiger partial charge in [0, 0.05) is 18.3 Å². The molecule has 27 heavy (non-hydrogen) atoms. The molecule has 1 aromatic carbocycles. The van der Waals surface area contributed by atoms with Gasteiger partial charge in [0.1, 0.15) is 11.6 Å². The van der Waals surface area contributed by atoms with Gasteiger partial charge in [-0.25, -0.2) is 14.4 Å². The number of H-pyrrole nitrogens is 1. The van der Waals surface area contributed by atoms with Crippen molar-refractivity contribution in [2.45, 2.75) is 19.9 Å². The predicted molar refractivity (Wildman–Crippen MR) is 99.2 cm³/mol. The molecule has 0 spiro atoms. The van der Waals surface area contributed by atoms with Crippen LogP contribution in [0.2, 0.25) is 10.0 Å². The molecule has 9 heteroatoms. The number of halogens is 3. The van der Waals surface area contributed by atoms with Crippen molar-refractivity contribution in [1.82, 2.24) is 25.1 Å². The van der Waals surface area contributed by atoms with Crippen LogP contribution in [0.3, 0.4) is 0 Å². The number of nitrogens with one attached hydrogen (secondary N) is 1. The van der Waals surface area contributed by atoms with E-state index >= 15 is 0 Å². The molecule has 0 radical (unpaired) electrons. The molecule has 0 unspecified atom stereocenters. The van der Waals surface area contributed by atoms with Crippen LogP contribution in [0.1, 0.15) is 27.4 Å². The van der Waals surface area contributed by atoms with Crippen molar-refractivity contribution in [3.8, 4) is 11.4 Å². The summed E-state index contributed by atoms with van der Waals surface area (Å²) in [4.78, 5) is 23.6. The molecule has 0 atom stereocenters. The van der Waals surface area contributed by atoms with Crippen molar-refractivity contribution >= 4 is 29.1 Å². The standard InChI is InChI=1S/C18H14Cl2FN5O/c1-9-23-14-8-26(18(27)11-2-3-12(21)16(20)15(11)19)7-5-10(14)17(24-9)13-4-6-22-25-13/h2-4,6H,5,7-8H2,1H3,(H,22,25). The summed E-state index contributed by atoms with van der Waals surface area (Å²) in [5.41, 5.74) is 3.54. The Morgan fingerprint density at radius 1 is 1.22 bits per heavy atom. The van der Waals surface area contributed by atoms with E-state index in [0.29, 0.717) is 25.3 Å². The molecule has 138 valence electrons. The first-order valence-electron chi connectivity index (χ1n) is 8.24. The highest BCUT2D eigenvalue weighted by Gasteiger charge is 2.28. The summed E-state index contributed by atoms with van der Waals surface area (Å²) in [6.45, 7) is 2.58. The first-order valence-corrected chi connectivity index (χ1v) is 9.00. The second kappa shape index (κ2) is 6.90. The number of hydrogen-bond donors (Lipinski definition) is 1. The largest absolute Gasteiger partial charge is 0.332 e. The highest BCUT2D eigenvalue weighted by atomic mass is 35.5. The number of benzene rings is 1. The smallest absolute Gasteiger partial charge is 0.255 e. The van der Waals surface area contributed by atoms with Gasteiger partial charge in [-0.2, -0.15) is 5.10 Å². The first-order chi connectivity index (χ1) is 13.0. The molecule has 0 fully saturated rings. The quantitative estimate of drug-likeness (QED) is 0.657. The zero-order chi connectivity index (χ0) is 19.1. The van der Waals surface area contributed by atoms with Gasteiger partial charge in [-0.3, -0.25) is 9.89 Å². The Morgan fingerprint density at radius 3 is 2.78 bits per heavy atom. The molecule has 2 aromatic heterocycles. The third-order valence-electron chi connectivity index (χ3n) is 4.49. The SMILES string of the molecule is Cc1nc2c(c(-c3ccn[nH]3)n1)CCN(C(=O)c1ccc(F)c(Cl)c1Cl)C2. The van der Waals surface area contributed by atoms with Gasteiger partial charge in [-0.05, 0) is 31.5 Å². The minimum absolute atomic E-state index is 0.0792. The molecular formula is C18H14Cl2FN5O. The summed E-state index contributed by atoms with van der Waals surface area (Å²) < 4.78 is 13.5. The van der Waals surface area contributed by atoms with Crippen LogP contribution in [0.25, 0.3) is 11.4 Å². The van der Waals surface area contributed by atoms with Crippen molar-refractivity contribution in [2.24, 2.45) is 0 Å². The van der Waals surface area contributed by atoms with Crippen molar-refractivity contribution < 1.29 is 9.18 Å². The molecule has 0 saturated heterocycles. The maximum absolute atomic E-state index is 13.5. The van der Waals surface area contributed by atoms with E-state index in [4.69, 9.17) is 23.2 Å². The topological polar surface area (TPSA) is 74.8 Å². The van der Waals surface area contributed by atoms with Gasteiger partial charge in [0.05, 0.1) is 39.2 Å². The van der Waals surface area contributed by atoms with E-state index < -0.39 is 5.82 Å². The summed E-state index contributed by atoms with van der Waals surface area (Å²) in [7, 11) is 0. The van der Waals surface area contributed by atoms with Crippen molar-refractivity contribution in [2.75, 3.05) is 6.54 Å². The zero-order valence-corrected chi connectivity index (χ0v) is 15.8. The molecule has 1 aliphatic rings. The van der Waals surface area contributed by atoms with Crippen LogP contribution < -0.4 is 0 Å². The fraction of sp³-hybridized carbons (Fsp3) is 0.222. The minimum atomic E-state index is -0.658. The van der Waals surface area contributed by atoms with Gasteiger partial charge in [-0.15, -0.1) is 0 Å². The van der Waals surface area contributed by atoms with Crippen molar-refractivity contribution in [1.29, 1.82) is 0 Å².